The number of nitrogens with zero attached hydrogens (tertiary/aromatic N) is 2. The highest BCUT2D eigenvalue weighted by Crippen LogP contribution is 2.40. The molecule has 1 aromatic heterocycles. The van der Waals surface area contributed by atoms with Crippen LogP contribution < -0.4 is 9.47 Å². The second kappa shape index (κ2) is 8.19. The van der Waals surface area contributed by atoms with Crippen molar-refractivity contribution in [3.8, 4) is 11.5 Å². The molecule has 142 valence electrons. The summed E-state index contributed by atoms with van der Waals surface area (Å²) in [6.07, 6.45) is 6.52. The molecular formula is C21H17ClN2O4. The first kappa shape index (κ1) is 18.1. The van der Waals surface area contributed by atoms with Gasteiger partial charge in [-0.05, 0) is 29.3 Å². The van der Waals surface area contributed by atoms with E-state index in [-0.39, 0.29) is 13.4 Å². The highest BCUT2D eigenvalue weighted by Gasteiger charge is 2.17. The lowest BCUT2D eigenvalue weighted by Gasteiger charge is -2.08. The third-order valence-electron chi connectivity index (χ3n) is 4.20. The Hall–Kier alpha value is -3.25. The molecule has 0 radical (unpaired) electrons. The summed E-state index contributed by atoms with van der Waals surface area (Å²) in [5.41, 5.74) is 1.87. The van der Waals surface area contributed by atoms with Crippen molar-refractivity contribution >= 4 is 23.6 Å². The Bertz CT molecular complexity index is 1010. The number of benzene rings is 2. The summed E-state index contributed by atoms with van der Waals surface area (Å²) >= 11 is 6.14. The fourth-order valence-corrected chi connectivity index (χ4v) is 3.11. The van der Waals surface area contributed by atoms with Crippen molar-refractivity contribution in [1.82, 2.24) is 9.55 Å². The molecule has 0 saturated heterocycles. The zero-order valence-electron chi connectivity index (χ0n) is 14.9. The van der Waals surface area contributed by atoms with Crippen LogP contribution >= 0.6 is 11.6 Å². The molecule has 3 aromatic rings. The van der Waals surface area contributed by atoms with Crippen LogP contribution in [-0.2, 0) is 22.7 Å². The summed E-state index contributed by atoms with van der Waals surface area (Å²) in [5.74, 6) is 1.29. The van der Waals surface area contributed by atoms with E-state index in [9.17, 15) is 4.79 Å². The van der Waals surface area contributed by atoms with Crippen LogP contribution in [0.1, 0.15) is 17.0 Å². The summed E-state index contributed by atoms with van der Waals surface area (Å²) in [4.78, 5) is 16.3. The monoisotopic (exact) mass is 396 g/mol. The van der Waals surface area contributed by atoms with Crippen LogP contribution in [0.15, 0.2) is 60.9 Å². The van der Waals surface area contributed by atoms with Crippen molar-refractivity contribution < 1.29 is 19.0 Å². The van der Waals surface area contributed by atoms with Gasteiger partial charge in [0.05, 0.1) is 5.02 Å². The number of hydrogen-bond donors (Lipinski definition) is 0. The molecule has 1 aliphatic rings. The maximum atomic E-state index is 12.1. The summed E-state index contributed by atoms with van der Waals surface area (Å²) < 4.78 is 17.8. The number of fused-ring (bicyclic) bond motifs is 1. The summed E-state index contributed by atoms with van der Waals surface area (Å²) in [6.45, 7) is 0.893. The fraction of sp³-hybridized carbons (Fsp3) is 0.143. The molecule has 0 bridgehead atoms. The molecule has 1 aliphatic heterocycles. The molecule has 0 atom stereocenters. The molecule has 4 rings (SSSR count). The van der Waals surface area contributed by atoms with Crippen molar-refractivity contribution in [2.45, 2.75) is 13.2 Å². The zero-order valence-corrected chi connectivity index (χ0v) is 15.6. The standard InChI is InChI=1S/C21H17ClN2O4/c22-17-10-16(11-18-21(17)28-14-27-18)6-7-20(25)26-13-19-23-8-9-24(19)12-15-4-2-1-3-5-15/h1-11H,12-14H2. The van der Waals surface area contributed by atoms with Gasteiger partial charge in [0.15, 0.2) is 11.5 Å². The summed E-state index contributed by atoms with van der Waals surface area (Å²) in [5, 5.41) is 0.436. The fourth-order valence-electron chi connectivity index (χ4n) is 2.84. The van der Waals surface area contributed by atoms with E-state index in [1.165, 1.54) is 6.08 Å². The molecule has 0 fully saturated rings. The smallest absolute Gasteiger partial charge is 0.331 e. The number of carbonyl (C=O) groups is 1. The molecule has 6 nitrogen and oxygen atoms in total. The number of hydrogen-bond acceptors (Lipinski definition) is 5. The normalized spacial score (nSPS) is 12.5. The lowest BCUT2D eigenvalue weighted by atomic mass is 10.2. The van der Waals surface area contributed by atoms with Crippen LogP contribution in [0.4, 0.5) is 0 Å². The average molecular weight is 397 g/mol. The van der Waals surface area contributed by atoms with E-state index in [0.29, 0.717) is 28.9 Å². The van der Waals surface area contributed by atoms with Gasteiger partial charge in [-0.3, -0.25) is 0 Å². The number of imidazole rings is 1. The van der Waals surface area contributed by atoms with Gasteiger partial charge >= 0.3 is 5.97 Å². The predicted molar refractivity (Wildman–Crippen MR) is 104 cm³/mol. The highest BCUT2D eigenvalue weighted by molar-refractivity contribution is 6.32. The second-order valence-electron chi connectivity index (χ2n) is 6.13. The molecule has 0 amide bonds. The van der Waals surface area contributed by atoms with Gasteiger partial charge in [-0.25, -0.2) is 9.78 Å². The predicted octanol–water partition coefficient (Wildman–Crippen LogP) is 4.07. The SMILES string of the molecule is O=C(C=Cc1cc(Cl)c2c(c1)OCO2)OCc1nccn1Cc1ccccc1. The third-order valence-corrected chi connectivity index (χ3v) is 4.48. The van der Waals surface area contributed by atoms with Gasteiger partial charge in [-0.15, -0.1) is 0 Å². The van der Waals surface area contributed by atoms with Crippen LogP contribution in [0.25, 0.3) is 6.08 Å². The third kappa shape index (κ3) is 4.18. The minimum atomic E-state index is -0.469. The molecule has 0 spiro atoms. The van der Waals surface area contributed by atoms with Crippen LogP contribution in [0.3, 0.4) is 0 Å². The molecule has 0 aliphatic carbocycles. The van der Waals surface area contributed by atoms with Gasteiger partial charge in [0, 0.05) is 25.0 Å². The zero-order chi connectivity index (χ0) is 19.3. The van der Waals surface area contributed by atoms with Gasteiger partial charge < -0.3 is 18.8 Å². The molecule has 2 heterocycles. The highest BCUT2D eigenvalue weighted by atomic mass is 35.5. The van der Waals surface area contributed by atoms with Crippen molar-refractivity contribution in [3.63, 3.8) is 0 Å². The van der Waals surface area contributed by atoms with Crippen molar-refractivity contribution in [1.29, 1.82) is 0 Å². The van der Waals surface area contributed by atoms with Crippen LogP contribution in [0.2, 0.25) is 5.02 Å². The van der Waals surface area contributed by atoms with E-state index in [0.717, 1.165) is 11.1 Å². The number of halogens is 1. The van der Waals surface area contributed by atoms with Crippen molar-refractivity contribution in [2.75, 3.05) is 6.79 Å². The number of rotatable bonds is 6. The topological polar surface area (TPSA) is 62.6 Å². The van der Waals surface area contributed by atoms with Crippen LogP contribution in [0, 0.1) is 0 Å². The van der Waals surface area contributed by atoms with Crippen molar-refractivity contribution in [3.05, 3.63) is 82.9 Å². The molecule has 0 N–H and O–H groups in total. The lowest BCUT2D eigenvalue weighted by molar-refractivity contribution is -0.139. The molecule has 0 unspecified atom stereocenters. The maximum Gasteiger partial charge on any atom is 0.331 e. The van der Waals surface area contributed by atoms with Gasteiger partial charge in [-0.1, -0.05) is 41.9 Å². The Morgan fingerprint density at radius 3 is 2.96 bits per heavy atom. The lowest BCUT2D eigenvalue weighted by Crippen LogP contribution is -2.08. The minimum absolute atomic E-state index is 0.0882. The first-order valence-corrected chi connectivity index (χ1v) is 9.05. The van der Waals surface area contributed by atoms with E-state index in [4.69, 9.17) is 25.8 Å². The quantitative estimate of drug-likeness (QED) is 0.464. The molecule has 2 aromatic carbocycles. The summed E-state index contributed by atoms with van der Waals surface area (Å²) in [7, 11) is 0. The largest absolute Gasteiger partial charge is 0.454 e. The molecule has 28 heavy (non-hydrogen) atoms. The Labute approximate surface area is 166 Å². The number of esters is 1. The van der Waals surface area contributed by atoms with E-state index >= 15 is 0 Å². The number of aromatic nitrogens is 2. The van der Waals surface area contributed by atoms with Crippen LogP contribution in [0.5, 0.6) is 11.5 Å². The number of carbonyl (C=O) groups excluding carboxylic acids is 1. The second-order valence-corrected chi connectivity index (χ2v) is 6.54. The summed E-state index contributed by atoms with van der Waals surface area (Å²) in [6, 6.07) is 13.5. The minimum Gasteiger partial charge on any atom is -0.454 e. The molecule has 0 saturated carbocycles. The first-order chi connectivity index (χ1) is 13.7. The van der Waals surface area contributed by atoms with E-state index in [1.54, 1.807) is 24.4 Å². The Kier molecular flexibility index (Phi) is 5.30. The van der Waals surface area contributed by atoms with E-state index < -0.39 is 5.97 Å². The Morgan fingerprint density at radius 1 is 1.25 bits per heavy atom. The van der Waals surface area contributed by atoms with Gasteiger partial charge in [0.1, 0.15) is 12.4 Å². The van der Waals surface area contributed by atoms with E-state index in [2.05, 4.69) is 4.98 Å². The first-order valence-electron chi connectivity index (χ1n) is 8.67. The Morgan fingerprint density at radius 2 is 2.11 bits per heavy atom. The van der Waals surface area contributed by atoms with Gasteiger partial charge in [0.25, 0.3) is 0 Å². The van der Waals surface area contributed by atoms with Gasteiger partial charge in [0.2, 0.25) is 6.79 Å². The van der Waals surface area contributed by atoms with E-state index in [1.807, 2.05) is 41.1 Å². The van der Waals surface area contributed by atoms with Gasteiger partial charge in [-0.2, -0.15) is 0 Å². The maximum absolute atomic E-state index is 12.1. The van der Waals surface area contributed by atoms with Crippen LogP contribution in [-0.4, -0.2) is 22.3 Å². The average Bonchev–Trinajstić information content (AvgIpc) is 3.35. The molecule has 7 heteroatoms. The van der Waals surface area contributed by atoms with Crippen molar-refractivity contribution in [2.24, 2.45) is 0 Å². The Balaban J connectivity index is 1.36. The number of ether oxygens (including phenoxy) is 3. The molecular weight excluding hydrogens is 380 g/mol.